The minimum atomic E-state index is -0.349. The summed E-state index contributed by atoms with van der Waals surface area (Å²) >= 11 is 1.11. The van der Waals surface area contributed by atoms with E-state index in [1.807, 2.05) is 30.3 Å². The number of benzene rings is 2. The van der Waals surface area contributed by atoms with Crippen molar-refractivity contribution in [2.75, 3.05) is 0 Å². The lowest BCUT2D eigenvalue weighted by atomic mass is 10.2. The van der Waals surface area contributed by atoms with E-state index in [0.717, 1.165) is 27.6 Å². The topological polar surface area (TPSA) is 30.0 Å². The van der Waals surface area contributed by atoms with Gasteiger partial charge in [-0.05, 0) is 48.2 Å². The first-order valence-corrected chi connectivity index (χ1v) is 6.87. The first-order chi connectivity index (χ1) is 9.74. The normalized spacial score (nSPS) is 10.7. The first-order valence-electron chi connectivity index (χ1n) is 6.05. The van der Waals surface area contributed by atoms with Crippen LogP contribution in [0.5, 0.6) is 0 Å². The summed E-state index contributed by atoms with van der Waals surface area (Å²) < 4.78 is 12.9. The van der Waals surface area contributed by atoms with Crippen LogP contribution >= 0.6 is 11.8 Å². The predicted molar refractivity (Wildman–Crippen MR) is 78.3 cm³/mol. The highest BCUT2D eigenvalue weighted by Crippen LogP contribution is 2.28. The number of carbonyl (C=O) groups excluding carboxylic acids is 1. The van der Waals surface area contributed by atoms with E-state index in [1.165, 1.54) is 24.3 Å². The minimum Gasteiger partial charge on any atom is -0.281 e. The fourth-order valence-electron chi connectivity index (χ4n) is 1.90. The Bertz CT molecular complexity index is 766. The summed E-state index contributed by atoms with van der Waals surface area (Å²) in [5, 5.41) is 0.868. The summed E-state index contributed by atoms with van der Waals surface area (Å²) in [7, 11) is 0. The smallest absolute Gasteiger partial charge is 0.224 e. The molecule has 2 aromatic carbocycles. The van der Waals surface area contributed by atoms with E-state index in [1.54, 1.807) is 6.20 Å². The van der Waals surface area contributed by atoms with E-state index in [0.29, 0.717) is 5.56 Å². The minimum absolute atomic E-state index is 0.122. The van der Waals surface area contributed by atoms with Gasteiger partial charge in [0.05, 0.1) is 5.52 Å². The Kier molecular flexibility index (Phi) is 3.48. The number of hydrogen-bond acceptors (Lipinski definition) is 3. The van der Waals surface area contributed by atoms with Crippen LogP contribution < -0.4 is 0 Å². The van der Waals surface area contributed by atoms with Crippen molar-refractivity contribution in [1.82, 2.24) is 4.98 Å². The van der Waals surface area contributed by atoms with E-state index >= 15 is 0 Å². The van der Waals surface area contributed by atoms with Crippen LogP contribution in [-0.4, -0.2) is 10.1 Å². The molecule has 0 bridgehead atoms. The number of nitrogens with zero attached hydrogens (tertiary/aromatic N) is 1. The Morgan fingerprint density at radius 1 is 1.00 bits per heavy atom. The second-order valence-corrected chi connectivity index (χ2v) is 5.24. The average Bonchev–Trinajstić information content (AvgIpc) is 2.48. The summed E-state index contributed by atoms with van der Waals surface area (Å²) in [6.07, 6.45) is 1.70. The molecule has 0 saturated heterocycles. The monoisotopic (exact) mass is 283 g/mol. The Morgan fingerprint density at radius 2 is 1.75 bits per heavy atom. The Balaban J connectivity index is 1.93. The molecule has 4 heteroatoms. The predicted octanol–water partition coefficient (Wildman–Crippen LogP) is 4.31. The van der Waals surface area contributed by atoms with Crippen molar-refractivity contribution in [2.24, 2.45) is 0 Å². The second-order valence-electron chi connectivity index (χ2n) is 4.23. The highest BCUT2D eigenvalue weighted by Gasteiger charge is 2.11. The van der Waals surface area contributed by atoms with Crippen LogP contribution in [0.4, 0.5) is 4.39 Å². The quantitative estimate of drug-likeness (QED) is 0.657. The van der Waals surface area contributed by atoms with Crippen LogP contribution in [0.2, 0.25) is 0 Å². The lowest BCUT2D eigenvalue weighted by Gasteiger charge is -2.04. The fraction of sp³-hybridized carbons (Fsp3) is 0. The highest BCUT2D eigenvalue weighted by atomic mass is 32.2. The summed E-state index contributed by atoms with van der Waals surface area (Å²) in [6.45, 7) is 0. The van der Waals surface area contributed by atoms with Gasteiger partial charge in [0.25, 0.3) is 0 Å². The van der Waals surface area contributed by atoms with E-state index in [4.69, 9.17) is 0 Å². The van der Waals surface area contributed by atoms with E-state index in [9.17, 15) is 9.18 Å². The van der Waals surface area contributed by atoms with Gasteiger partial charge in [-0.2, -0.15) is 0 Å². The maximum Gasteiger partial charge on any atom is 0.224 e. The van der Waals surface area contributed by atoms with Gasteiger partial charge in [-0.15, -0.1) is 0 Å². The van der Waals surface area contributed by atoms with Crippen molar-refractivity contribution in [3.8, 4) is 0 Å². The Hall–Kier alpha value is -2.20. The Labute approximate surface area is 119 Å². The lowest BCUT2D eigenvalue weighted by molar-refractivity contribution is 0.108. The van der Waals surface area contributed by atoms with E-state index in [-0.39, 0.29) is 10.9 Å². The maximum absolute atomic E-state index is 12.9. The molecule has 0 saturated carbocycles. The number of fused-ring (bicyclic) bond motifs is 1. The van der Waals surface area contributed by atoms with Gasteiger partial charge in [0.2, 0.25) is 5.12 Å². The average molecular weight is 283 g/mol. The molecule has 0 atom stereocenters. The fourth-order valence-corrected chi connectivity index (χ4v) is 2.77. The van der Waals surface area contributed by atoms with Gasteiger partial charge < -0.3 is 0 Å². The third kappa shape index (κ3) is 2.56. The molecular formula is C16H10FNOS. The largest absolute Gasteiger partial charge is 0.281 e. The summed E-state index contributed by atoms with van der Waals surface area (Å²) in [4.78, 5) is 17.3. The molecule has 1 heterocycles. The molecule has 3 rings (SSSR count). The van der Waals surface area contributed by atoms with Gasteiger partial charge in [0, 0.05) is 22.0 Å². The van der Waals surface area contributed by atoms with Crippen LogP contribution in [0.3, 0.4) is 0 Å². The third-order valence-corrected chi connectivity index (χ3v) is 3.85. The number of thioether (sulfide) groups is 1. The van der Waals surface area contributed by atoms with Gasteiger partial charge in [-0.3, -0.25) is 9.78 Å². The van der Waals surface area contributed by atoms with Crippen LogP contribution in [0.1, 0.15) is 10.4 Å². The number of para-hydroxylation sites is 1. The van der Waals surface area contributed by atoms with Gasteiger partial charge in [-0.25, -0.2) is 4.39 Å². The lowest BCUT2D eigenvalue weighted by Crippen LogP contribution is -1.94. The SMILES string of the molecule is O=C(Sc1cccc2cccnc12)c1ccc(F)cc1. The zero-order valence-electron chi connectivity index (χ0n) is 10.4. The molecule has 20 heavy (non-hydrogen) atoms. The zero-order chi connectivity index (χ0) is 13.9. The Morgan fingerprint density at radius 3 is 2.55 bits per heavy atom. The van der Waals surface area contributed by atoms with Crippen LogP contribution in [0, 0.1) is 5.82 Å². The summed E-state index contributed by atoms with van der Waals surface area (Å²) in [5.41, 5.74) is 1.28. The molecule has 1 aromatic heterocycles. The van der Waals surface area contributed by atoms with E-state index in [2.05, 4.69) is 4.98 Å². The maximum atomic E-state index is 12.9. The molecular weight excluding hydrogens is 273 g/mol. The third-order valence-electron chi connectivity index (χ3n) is 2.88. The number of hydrogen-bond donors (Lipinski definition) is 0. The molecule has 98 valence electrons. The number of carbonyl (C=O) groups is 1. The molecule has 3 aromatic rings. The number of aromatic nitrogens is 1. The van der Waals surface area contributed by atoms with Crippen molar-refractivity contribution in [3.63, 3.8) is 0 Å². The van der Waals surface area contributed by atoms with Gasteiger partial charge >= 0.3 is 0 Å². The molecule has 0 aliphatic heterocycles. The molecule has 0 radical (unpaired) electrons. The van der Waals surface area contributed by atoms with E-state index < -0.39 is 0 Å². The molecule has 0 aliphatic rings. The highest BCUT2D eigenvalue weighted by molar-refractivity contribution is 8.14. The van der Waals surface area contributed by atoms with Crippen molar-refractivity contribution in [2.45, 2.75) is 4.90 Å². The standard InChI is InChI=1S/C16H10FNOS/c17-13-8-6-12(7-9-13)16(19)20-14-5-1-3-11-4-2-10-18-15(11)14/h1-10H. The zero-order valence-corrected chi connectivity index (χ0v) is 11.2. The van der Waals surface area contributed by atoms with Crippen molar-refractivity contribution >= 4 is 27.8 Å². The molecule has 0 unspecified atom stereocenters. The van der Waals surface area contributed by atoms with Gasteiger partial charge in [0.1, 0.15) is 5.82 Å². The van der Waals surface area contributed by atoms with Crippen LogP contribution in [0.15, 0.2) is 65.7 Å². The number of halogens is 1. The second kappa shape index (κ2) is 5.43. The number of rotatable bonds is 2. The van der Waals surface area contributed by atoms with Crippen LogP contribution in [-0.2, 0) is 0 Å². The molecule has 0 fully saturated rings. The molecule has 0 N–H and O–H groups in total. The van der Waals surface area contributed by atoms with Crippen LogP contribution in [0.25, 0.3) is 10.9 Å². The molecule has 0 spiro atoms. The van der Waals surface area contributed by atoms with Gasteiger partial charge in [0.15, 0.2) is 0 Å². The van der Waals surface area contributed by atoms with Crippen molar-refractivity contribution in [1.29, 1.82) is 0 Å². The number of pyridine rings is 1. The first kappa shape index (κ1) is 12.8. The summed E-state index contributed by atoms with van der Waals surface area (Å²) in [5.74, 6) is -0.349. The van der Waals surface area contributed by atoms with Gasteiger partial charge in [-0.1, -0.05) is 18.2 Å². The molecule has 0 amide bonds. The van der Waals surface area contributed by atoms with Crippen molar-refractivity contribution in [3.05, 3.63) is 72.2 Å². The summed E-state index contributed by atoms with van der Waals surface area (Å²) in [6, 6.07) is 15.1. The molecule has 2 nitrogen and oxygen atoms in total. The molecule has 0 aliphatic carbocycles. The van der Waals surface area contributed by atoms with Crippen molar-refractivity contribution < 1.29 is 9.18 Å².